The van der Waals surface area contributed by atoms with Gasteiger partial charge in [-0.15, -0.1) is 13.2 Å². The molecule has 0 aliphatic heterocycles. The first-order valence-corrected chi connectivity index (χ1v) is 12.4. The first-order valence-electron chi connectivity index (χ1n) is 12.4. The standard InChI is InChI=1S/C29H23F3N6O3/c30-29(31,32)40-24-12-10-22(11-13-24)35-25-16-21(14-15-34-25)27-37-28(41-38-27)20-6-8-23(9-7-20)36-26(39)18-33-17-19-4-2-1-3-5-19/h1-16,33H,17-18H2,(H,34,35)(H,36,39). The lowest BCUT2D eigenvalue weighted by molar-refractivity contribution is -0.274. The second-order valence-electron chi connectivity index (χ2n) is 8.76. The Kier molecular flexibility index (Phi) is 8.20. The number of anilines is 3. The Hall–Kier alpha value is -5.23. The summed E-state index contributed by atoms with van der Waals surface area (Å²) < 4.78 is 46.4. The lowest BCUT2D eigenvalue weighted by Gasteiger charge is -2.10. The van der Waals surface area contributed by atoms with E-state index in [9.17, 15) is 18.0 Å². The average molecular weight is 561 g/mol. The van der Waals surface area contributed by atoms with Crippen LogP contribution in [0.3, 0.4) is 0 Å². The van der Waals surface area contributed by atoms with Gasteiger partial charge in [0.2, 0.25) is 11.7 Å². The first-order chi connectivity index (χ1) is 19.8. The normalized spacial score (nSPS) is 11.2. The van der Waals surface area contributed by atoms with Gasteiger partial charge in [-0.3, -0.25) is 4.79 Å². The van der Waals surface area contributed by atoms with Crippen LogP contribution < -0.4 is 20.7 Å². The molecule has 0 aliphatic rings. The lowest BCUT2D eigenvalue weighted by Crippen LogP contribution is -2.27. The molecule has 0 fully saturated rings. The number of hydrogen-bond acceptors (Lipinski definition) is 8. The van der Waals surface area contributed by atoms with E-state index in [2.05, 4.69) is 35.8 Å². The zero-order chi connectivity index (χ0) is 28.7. The van der Waals surface area contributed by atoms with Crippen LogP contribution in [0.5, 0.6) is 5.75 Å². The van der Waals surface area contributed by atoms with Gasteiger partial charge in [0.15, 0.2) is 0 Å². The molecule has 3 aromatic carbocycles. The minimum absolute atomic E-state index is 0.165. The SMILES string of the molecule is O=C(CNCc1ccccc1)Nc1ccc(-c2nc(-c3ccnc(Nc4ccc(OC(F)(F)F)cc4)c3)no2)cc1. The first kappa shape index (κ1) is 27.3. The highest BCUT2D eigenvalue weighted by Crippen LogP contribution is 2.27. The number of carbonyl (C=O) groups excluding carboxylic acids is 1. The molecule has 0 atom stereocenters. The van der Waals surface area contributed by atoms with Crippen molar-refractivity contribution in [3.8, 4) is 28.6 Å². The van der Waals surface area contributed by atoms with Crippen LogP contribution in [0.15, 0.2) is 102 Å². The van der Waals surface area contributed by atoms with E-state index in [-0.39, 0.29) is 24.1 Å². The van der Waals surface area contributed by atoms with Crippen LogP contribution in [0, 0.1) is 0 Å². The molecule has 12 heteroatoms. The van der Waals surface area contributed by atoms with Crippen LogP contribution in [0.2, 0.25) is 0 Å². The number of pyridine rings is 1. The predicted octanol–water partition coefficient (Wildman–Crippen LogP) is 6.17. The smallest absolute Gasteiger partial charge is 0.406 e. The van der Waals surface area contributed by atoms with Crippen molar-refractivity contribution in [3.05, 3.63) is 103 Å². The van der Waals surface area contributed by atoms with Crippen LogP contribution >= 0.6 is 0 Å². The predicted molar refractivity (Wildman–Crippen MR) is 146 cm³/mol. The molecule has 2 aromatic heterocycles. The van der Waals surface area contributed by atoms with E-state index < -0.39 is 6.36 Å². The molecule has 0 unspecified atom stereocenters. The van der Waals surface area contributed by atoms with Gasteiger partial charge in [0, 0.05) is 35.2 Å². The van der Waals surface area contributed by atoms with E-state index in [4.69, 9.17) is 4.52 Å². The monoisotopic (exact) mass is 560 g/mol. The zero-order valence-corrected chi connectivity index (χ0v) is 21.4. The Bertz CT molecular complexity index is 1590. The number of amides is 1. The molecule has 3 N–H and O–H groups in total. The number of carbonyl (C=O) groups is 1. The Morgan fingerprint density at radius 3 is 2.34 bits per heavy atom. The summed E-state index contributed by atoms with van der Waals surface area (Å²) in [6, 6.07) is 25.5. The van der Waals surface area contributed by atoms with Gasteiger partial charge >= 0.3 is 6.36 Å². The summed E-state index contributed by atoms with van der Waals surface area (Å²) in [6.07, 6.45) is -3.21. The van der Waals surface area contributed by atoms with Crippen molar-refractivity contribution in [1.29, 1.82) is 0 Å². The number of aromatic nitrogens is 3. The molecular weight excluding hydrogens is 537 g/mol. The number of nitrogens with one attached hydrogen (secondary N) is 3. The van der Waals surface area contributed by atoms with Gasteiger partial charge < -0.3 is 25.2 Å². The van der Waals surface area contributed by atoms with Crippen molar-refractivity contribution in [2.75, 3.05) is 17.2 Å². The second kappa shape index (κ2) is 12.3. The fraction of sp³-hybridized carbons (Fsp3) is 0.103. The second-order valence-corrected chi connectivity index (χ2v) is 8.76. The maximum absolute atomic E-state index is 12.4. The average Bonchev–Trinajstić information content (AvgIpc) is 3.45. The van der Waals surface area contributed by atoms with Gasteiger partial charge in [-0.25, -0.2) is 4.98 Å². The molecule has 208 valence electrons. The fourth-order valence-corrected chi connectivity index (χ4v) is 3.80. The van der Waals surface area contributed by atoms with Gasteiger partial charge in [0.25, 0.3) is 5.89 Å². The van der Waals surface area contributed by atoms with E-state index in [1.807, 2.05) is 30.3 Å². The van der Waals surface area contributed by atoms with E-state index in [0.717, 1.165) is 5.56 Å². The van der Waals surface area contributed by atoms with Gasteiger partial charge in [-0.1, -0.05) is 35.5 Å². The third-order valence-corrected chi connectivity index (χ3v) is 5.68. The summed E-state index contributed by atoms with van der Waals surface area (Å²) in [4.78, 5) is 20.9. The highest BCUT2D eigenvalue weighted by atomic mass is 19.4. The molecule has 0 spiro atoms. The van der Waals surface area contributed by atoms with Crippen molar-refractivity contribution in [2.24, 2.45) is 0 Å². The number of benzene rings is 3. The quantitative estimate of drug-likeness (QED) is 0.186. The van der Waals surface area contributed by atoms with Gasteiger partial charge in [-0.2, -0.15) is 4.98 Å². The fourth-order valence-electron chi connectivity index (χ4n) is 3.80. The van der Waals surface area contributed by atoms with Crippen LogP contribution in [0.4, 0.5) is 30.4 Å². The van der Waals surface area contributed by atoms with E-state index in [1.54, 1.807) is 42.6 Å². The lowest BCUT2D eigenvalue weighted by atomic mass is 10.2. The molecule has 1 amide bonds. The number of ether oxygens (including phenoxy) is 1. The molecule has 0 aliphatic carbocycles. The Morgan fingerprint density at radius 2 is 1.61 bits per heavy atom. The summed E-state index contributed by atoms with van der Waals surface area (Å²) in [5, 5.41) is 13.0. The zero-order valence-electron chi connectivity index (χ0n) is 21.4. The molecule has 0 bridgehead atoms. The summed E-state index contributed by atoms with van der Waals surface area (Å²) in [7, 11) is 0. The van der Waals surface area contributed by atoms with Gasteiger partial charge in [0.05, 0.1) is 6.54 Å². The van der Waals surface area contributed by atoms with Crippen molar-refractivity contribution in [2.45, 2.75) is 12.9 Å². The minimum Gasteiger partial charge on any atom is -0.406 e. The molecule has 5 aromatic rings. The van der Waals surface area contributed by atoms with Gasteiger partial charge in [-0.05, 0) is 66.2 Å². The van der Waals surface area contributed by atoms with E-state index in [1.165, 1.54) is 24.3 Å². The molecule has 0 saturated heterocycles. The summed E-state index contributed by atoms with van der Waals surface area (Å²) in [5.41, 5.74) is 3.51. The van der Waals surface area contributed by atoms with Crippen LogP contribution in [-0.2, 0) is 11.3 Å². The van der Waals surface area contributed by atoms with Crippen molar-refractivity contribution >= 4 is 23.1 Å². The Labute approximate surface area is 232 Å². The molecule has 9 nitrogen and oxygen atoms in total. The number of halogens is 3. The number of rotatable bonds is 10. The van der Waals surface area contributed by atoms with Crippen molar-refractivity contribution < 1.29 is 27.2 Å². The summed E-state index contributed by atoms with van der Waals surface area (Å²) >= 11 is 0. The largest absolute Gasteiger partial charge is 0.573 e. The minimum atomic E-state index is -4.76. The molecule has 0 radical (unpaired) electrons. The Morgan fingerprint density at radius 1 is 0.878 bits per heavy atom. The van der Waals surface area contributed by atoms with Crippen LogP contribution in [0.25, 0.3) is 22.8 Å². The molecular formula is C29H23F3N6O3. The topological polar surface area (TPSA) is 114 Å². The molecule has 2 heterocycles. The maximum Gasteiger partial charge on any atom is 0.573 e. The number of alkyl halides is 3. The molecule has 0 saturated carbocycles. The van der Waals surface area contributed by atoms with Crippen LogP contribution in [0.1, 0.15) is 5.56 Å². The summed E-state index contributed by atoms with van der Waals surface area (Å²) in [6.45, 7) is 0.764. The number of hydrogen-bond donors (Lipinski definition) is 3. The van der Waals surface area contributed by atoms with E-state index >= 15 is 0 Å². The molecule has 41 heavy (non-hydrogen) atoms. The highest BCUT2D eigenvalue weighted by molar-refractivity contribution is 5.92. The van der Waals surface area contributed by atoms with E-state index in [0.29, 0.717) is 40.7 Å². The highest BCUT2D eigenvalue weighted by Gasteiger charge is 2.31. The third-order valence-electron chi connectivity index (χ3n) is 5.68. The van der Waals surface area contributed by atoms with Crippen LogP contribution in [-0.4, -0.2) is 33.9 Å². The Balaban J connectivity index is 1.17. The van der Waals surface area contributed by atoms with Gasteiger partial charge in [0.1, 0.15) is 11.6 Å². The third kappa shape index (κ3) is 7.90. The van der Waals surface area contributed by atoms with Crippen molar-refractivity contribution in [1.82, 2.24) is 20.4 Å². The maximum atomic E-state index is 12.4. The summed E-state index contributed by atoms with van der Waals surface area (Å²) in [5.74, 6) is 0.545. The molecule has 5 rings (SSSR count). The van der Waals surface area contributed by atoms with Crippen molar-refractivity contribution in [3.63, 3.8) is 0 Å². The number of nitrogens with zero attached hydrogens (tertiary/aromatic N) is 3.